The van der Waals surface area contributed by atoms with E-state index >= 15 is 0 Å². The molecule has 0 unspecified atom stereocenters. The van der Waals surface area contributed by atoms with Gasteiger partial charge in [-0.1, -0.05) is 51.9 Å². The summed E-state index contributed by atoms with van der Waals surface area (Å²) in [5.41, 5.74) is 7.40. The Bertz CT molecular complexity index is 601. The van der Waals surface area contributed by atoms with E-state index in [2.05, 4.69) is 15.9 Å². The molecule has 0 aliphatic heterocycles. The molecule has 0 saturated carbocycles. The molecule has 98 valence electrons. The van der Waals surface area contributed by atoms with E-state index in [0.29, 0.717) is 27.9 Å². The van der Waals surface area contributed by atoms with Crippen LogP contribution in [0.1, 0.15) is 11.1 Å². The Morgan fingerprint density at radius 2 is 1.89 bits per heavy atom. The zero-order valence-corrected chi connectivity index (χ0v) is 13.1. The number of rotatable bonds is 4. The van der Waals surface area contributed by atoms with Gasteiger partial charge >= 0.3 is 0 Å². The summed E-state index contributed by atoms with van der Waals surface area (Å²) in [7, 11) is 0. The van der Waals surface area contributed by atoms with E-state index in [9.17, 15) is 0 Å². The summed E-state index contributed by atoms with van der Waals surface area (Å²) in [5.74, 6) is 0.600. The Hall–Kier alpha value is -1.10. The van der Waals surface area contributed by atoms with Gasteiger partial charge < -0.3 is 10.5 Å². The molecule has 2 aromatic carbocycles. The Morgan fingerprint density at radius 1 is 1.21 bits per heavy atom. The van der Waals surface area contributed by atoms with Gasteiger partial charge in [0.2, 0.25) is 0 Å². The highest BCUT2D eigenvalue weighted by molar-refractivity contribution is 9.10. The maximum Gasteiger partial charge on any atom is 0.131 e. The fourth-order valence-electron chi connectivity index (χ4n) is 1.56. The first-order chi connectivity index (χ1) is 9.06. The smallest absolute Gasteiger partial charge is 0.131 e. The van der Waals surface area contributed by atoms with E-state index in [4.69, 9.17) is 34.3 Å². The molecule has 0 fully saturated rings. The first-order valence-electron chi connectivity index (χ1n) is 5.53. The van der Waals surface area contributed by atoms with Crippen molar-refractivity contribution in [2.75, 3.05) is 0 Å². The minimum Gasteiger partial charge on any atom is -0.488 e. The van der Waals surface area contributed by atoms with Crippen LogP contribution in [0.25, 0.3) is 0 Å². The average Bonchev–Trinajstić information content (AvgIpc) is 2.38. The van der Waals surface area contributed by atoms with Crippen LogP contribution in [-0.2, 0) is 6.61 Å². The van der Waals surface area contributed by atoms with Gasteiger partial charge in [0.1, 0.15) is 17.3 Å². The summed E-state index contributed by atoms with van der Waals surface area (Å²) in [6, 6.07) is 13.1. The Labute approximate surface area is 130 Å². The second-order valence-corrected chi connectivity index (χ2v) is 5.71. The van der Waals surface area contributed by atoms with Gasteiger partial charge in [-0.05, 0) is 35.9 Å². The average molecular weight is 357 g/mol. The summed E-state index contributed by atoms with van der Waals surface area (Å²) in [4.78, 5) is 0.294. The van der Waals surface area contributed by atoms with Crippen LogP contribution in [0.5, 0.6) is 5.75 Å². The van der Waals surface area contributed by atoms with Crippen molar-refractivity contribution in [1.82, 2.24) is 0 Å². The van der Waals surface area contributed by atoms with E-state index < -0.39 is 0 Å². The molecule has 5 heteroatoms. The van der Waals surface area contributed by atoms with Gasteiger partial charge in [0, 0.05) is 9.50 Å². The number of hydrogen-bond donors (Lipinski definition) is 1. The predicted molar refractivity (Wildman–Crippen MR) is 85.8 cm³/mol. The van der Waals surface area contributed by atoms with Gasteiger partial charge in [-0.3, -0.25) is 0 Å². The lowest BCUT2D eigenvalue weighted by Crippen LogP contribution is -2.11. The largest absolute Gasteiger partial charge is 0.488 e. The number of nitrogens with two attached hydrogens (primary N) is 1. The molecule has 2 N–H and O–H groups in total. The van der Waals surface area contributed by atoms with Crippen molar-refractivity contribution >= 4 is 44.7 Å². The summed E-state index contributed by atoms with van der Waals surface area (Å²) in [6.45, 7) is 0.434. The highest BCUT2D eigenvalue weighted by Gasteiger charge is 2.07. The maximum atomic E-state index is 5.95. The van der Waals surface area contributed by atoms with Crippen LogP contribution in [0, 0.1) is 0 Å². The fourth-order valence-corrected chi connectivity index (χ4v) is 2.16. The van der Waals surface area contributed by atoms with Crippen LogP contribution in [0.2, 0.25) is 5.02 Å². The second-order valence-electron chi connectivity index (χ2n) is 3.92. The minimum absolute atomic E-state index is 0.294. The SMILES string of the molecule is NC(=S)c1ccc(Cl)cc1OCc1ccc(Br)cc1. The molecule has 0 heterocycles. The van der Waals surface area contributed by atoms with Crippen LogP contribution in [0.3, 0.4) is 0 Å². The molecule has 0 aliphatic rings. The van der Waals surface area contributed by atoms with Crippen LogP contribution in [-0.4, -0.2) is 4.99 Å². The maximum absolute atomic E-state index is 5.95. The third-order valence-electron chi connectivity index (χ3n) is 2.52. The molecular weight excluding hydrogens is 346 g/mol. The van der Waals surface area contributed by atoms with Crippen molar-refractivity contribution < 1.29 is 4.74 Å². The van der Waals surface area contributed by atoms with Gasteiger partial charge in [0.25, 0.3) is 0 Å². The highest BCUT2D eigenvalue weighted by atomic mass is 79.9. The van der Waals surface area contributed by atoms with Crippen molar-refractivity contribution in [1.29, 1.82) is 0 Å². The quantitative estimate of drug-likeness (QED) is 0.829. The highest BCUT2D eigenvalue weighted by Crippen LogP contribution is 2.24. The lowest BCUT2D eigenvalue weighted by Gasteiger charge is -2.11. The third-order valence-corrected chi connectivity index (χ3v) is 3.50. The van der Waals surface area contributed by atoms with E-state index in [1.807, 2.05) is 24.3 Å². The molecule has 2 aromatic rings. The van der Waals surface area contributed by atoms with Crippen LogP contribution >= 0.6 is 39.7 Å². The minimum atomic E-state index is 0.294. The summed E-state index contributed by atoms with van der Waals surface area (Å²) in [5, 5.41) is 0.589. The first-order valence-corrected chi connectivity index (χ1v) is 7.11. The lowest BCUT2D eigenvalue weighted by atomic mass is 10.2. The first kappa shape index (κ1) is 14.3. The Morgan fingerprint density at radius 3 is 2.53 bits per heavy atom. The normalized spacial score (nSPS) is 10.2. The molecule has 0 spiro atoms. The molecule has 2 nitrogen and oxygen atoms in total. The van der Waals surface area contributed by atoms with Crippen molar-refractivity contribution in [3.63, 3.8) is 0 Å². The zero-order valence-electron chi connectivity index (χ0n) is 9.90. The van der Waals surface area contributed by atoms with Gasteiger partial charge in [-0.15, -0.1) is 0 Å². The van der Waals surface area contributed by atoms with Gasteiger partial charge in [-0.2, -0.15) is 0 Å². The molecule has 0 atom stereocenters. The number of benzene rings is 2. The van der Waals surface area contributed by atoms with Crippen molar-refractivity contribution in [3.8, 4) is 5.75 Å². The van der Waals surface area contributed by atoms with Crippen LogP contribution in [0.4, 0.5) is 0 Å². The van der Waals surface area contributed by atoms with Gasteiger partial charge in [0.05, 0.1) is 5.56 Å². The number of halogens is 2. The van der Waals surface area contributed by atoms with Crippen molar-refractivity contribution in [2.45, 2.75) is 6.61 Å². The third kappa shape index (κ3) is 3.93. The number of ether oxygens (including phenoxy) is 1. The predicted octanol–water partition coefficient (Wildman–Crippen LogP) is 4.32. The fraction of sp³-hybridized carbons (Fsp3) is 0.0714. The molecule has 2 rings (SSSR count). The summed E-state index contributed by atoms with van der Waals surface area (Å²) < 4.78 is 6.77. The number of thiocarbonyl (C=S) groups is 1. The Balaban J connectivity index is 2.16. The molecule has 19 heavy (non-hydrogen) atoms. The molecule has 0 saturated heterocycles. The second kappa shape index (κ2) is 6.37. The topological polar surface area (TPSA) is 35.2 Å². The molecule has 0 bridgehead atoms. The molecular formula is C14H11BrClNOS. The zero-order chi connectivity index (χ0) is 13.8. The Kier molecular flexibility index (Phi) is 4.80. The van der Waals surface area contributed by atoms with E-state index in [0.717, 1.165) is 10.0 Å². The monoisotopic (exact) mass is 355 g/mol. The van der Waals surface area contributed by atoms with Crippen LogP contribution in [0.15, 0.2) is 46.9 Å². The molecule has 0 amide bonds. The summed E-state index contributed by atoms with van der Waals surface area (Å²) in [6.07, 6.45) is 0. The van der Waals surface area contributed by atoms with Gasteiger partial charge in [-0.25, -0.2) is 0 Å². The van der Waals surface area contributed by atoms with E-state index in [-0.39, 0.29) is 0 Å². The standard InChI is InChI=1S/C14H11BrClNOS/c15-10-3-1-9(2-4-10)8-18-13-7-11(16)5-6-12(13)14(17)19/h1-7H,8H2,(H2,17,19). The molecule has 0 aromatic heterocycles. The molecule has 0 aliphatic carbocycles. The summed E-state index contributed by atoms with van der Waals surface area (Å²) >= 11 is 14.3. The van der Waals surface area contributed by atoms with E-state index in [1.54, 1.807) is 18.2 Å². The number of hydrogen-bond acceptors (Lipinski definition) is 2. The molecule has 0 radical (unpaired) electrons. The van der Waals surface area contributed by atoms with Crippen molar-refractivity contribution in [3.05, 3.63) is 63.1 Å². The van der Waals surface area contributed by atoms with Crippen LogP contribution < -0.4 is 10.5 Å². The van der Waals surface area contributed by atoms with Crippen molar-refractivity contribution in [2.24, 2.45) is 5.73 Å². The lowest BCUT2D eigenvalue weighted by molar-refractivity contribution is 0.305. The van der Waals surface area contributed by atoms with Gasteiger partial charge in [0.15, 0.2) is 0 Å². The van der Waals surface area contributed by atoms with E-state index in [1.165, 1.54) is 0 Å².